The molecule has 0 radical (unpaired) electrons. The smallest absolute Gasteiger partial charge is 0.123 e. The number of aliphatic hydroxyl groups is 1. The first-order chi connectivity index (χ1) is 7.41. The summed E-state index contributed by atoms with van der Waals surface area (Å²) in [5.41, 5.74) is 7.41. The van der Waals surface area contributed by atoms with Crippen LogP contribution in [0.1, 0.15) is 25.5 Å². The fraction of sp³-hybridized carbons (Fsp3) is 0.500. The van der Waals surface area contributed by atoms with Crippen molar-refractivity contribution in [1.82, 2.24) is 0 Å². The Labute approximate surface area is 95.7 Å². The lowest BCUT2D eigenvalue weighted by atomic mass is 10.1. The molecule has 2 atom stereocenters. The van der Waals surface area contributed by atoms with Crippen LogP contribution in [0.3, 0.4) is 0 Å². The van der Waals surface area contributed by atoms with Crippen LogP contribution >= 0.6 is 0 Å². The molecule has 0 aromatic heterocycles. The molecule has 0 aliphatic rings. The van der Waals surface area contributed by atoms with Gasteiger partial charge < -0.3 is 15.7 Å². The maximum Gasteiger partial charge on any atom is 0.123 e. The maximum atomic E-state index is 13.1. The van der Waals surface area contributed by atoms with E-state index in [1.54, 1.807) is 13.0 Å². The van der Waals surface area contributed by atoms with E-state index in [0.29, 0.717) is 6.54 Å². The van der Waals surface area contributed by atoms with Crippen LogP contribution < -0.4 is 10.6 Å². The third kappa shape index (κ3) is 3.18. The third-order valence-electron chi connectivity index (χ3n) is 2.43. The van der Waals surface area contributed by atoms with Crippen molar-refractivity contribution in [2.45, 2.75) is 26.0 Å². The second kappa shape index (κ2) is 5.27. The molecule has 0 aliphatic carbocycles. The molecular weight excluding hydrogens is 207 g/mol. The van der Waals surface area contributed by atoms with Crippen molar-refractivity contribution >= 4 is 5.69 Å². The molecular formula is C12H19FN2O. The molecule has 1 unspecified atom stereocenters. The summed E-state index contributed by atoms with van der Waals surface area (Å²) in [5, 5.41) is 9.32. The van der Waals surface area contributed by atoms with E-state index in [1.807, 2.05) is 18.9 Å². The predicted octanol–water partition coefficient (Wildman–Crippen LogP) is 1.66. The normalized spacial score (nSPS) is 14.6. The highest BCUT2D eigenvalue weighted by Gasteiger charge is 2.13. The van der Waals surface area contributed by atoms with Crippen molar-refractivity contribution in [2.75, 3.05) is 18.5 Å². The Hall–Kier alpha value is -1.13. The zero-order valence-corrected chi connectivity index (χ0v) is 9.94. The molecule has 3 N–H and O–H groups in total. The summed E-state index contributed by atoms with van der Waals surface area (Å²) < 4.78 is 13.1. The summed E-state index contributed by atoms with van der Waals surface area (Å²) in [7, 11) is 1.85. The van der Waals surface area contributed by atoms with Gasteiger partial charge in [-0.1, -0.05) is 0 Å². The molecule has 90 valence electrons. The largest absolute Gasteiger partial charge is 0.392 e. The number of rotatable bonds is 4. The minimum atomic E-state index is -0.434. The number of hydrogen-bond donors (Lipinski definition) is 2. The Morgan fingerprint density at radius 2 is 2.06 bits per heavy atom. The number of hydrogen-bond acceptors (Lipinski definition) is 3. The van der Waals surface area contributed by atoms with Crippen molar-refractivity contribution in [1.29, 1.82) is 0 Å². The van der Waals surface area contributed by atoms with Crippen LogP contribution in [-0.2, 0) is 0 Å². The number of anilines is 1. The average molecular weight is 226 g/mol. The van der Waals surface area contributed by atoms with Crippen LogP contribution in [0.15, 0.2) is 18.2 Å². The number of likely N-dealkylation sites (N-methyl/N-ethyl adjacent to an activating group) is 1. The van der Waals surface area contributed by atoms with E-state index in [-0.39, 0.29) is 11.9 Å². The summed E-state index contributed by atoms with van der Waals surface area (Å²) in [6, 6.07) is 4.30. The molecule has 1 aromatic rings. The van der Waals surface area contributed by atoms with E-state index in [0.717, 1.165) is 11.3 Å². The first-order valence-corrected chi connectivity index (χ1v) is 5.36. The van der Waals surface area contributed by atoms with Crippen molar-refractivity contribution in [3.63, 3.8) is 0 Å². The molecule has 0 fully saturated rings. The molecule has 0 spiro atoms. The first-order valence-electron chi connectivity index (χ1n) is 5.36. The zero-order chi connectivity index (χ0) is 12.3. The zero-order valence-electron chi connectivity index (χ0n) is 9.94. The van der Waals surface area contributed by atoms with Gasteiger partial charge in [-0.05, 0) is 37.6 Å². The fourth-order valence-electron chi connectivity index (χ4n) is 1.73. The summed E-state index contributed by atoms with van der Waals surface area (Å²) >= 11 is 0. The standard InChI is InChI=1S/C12H19FN2O/c1-8(16)7-15(3)12-5-4-10(13)6-11(12)9(2)14/h4-6,8-9,16H,7,14H2,1-3H3/t8?,9-/m0/s1. The third-order valence-corrected chi connectivity index (χ3v) is 2.43. The number of nitrogens with two attached hydrogens (primary N) is 1. The number of halogens is 1. The lowest BCUT2D eigenvalue weighted by molar-refractivity contribution is 0.201. The van der Waals surface area contributed by atoms with Gasteiger partial charge in [0.05, 0.1) is 6.10 Å². The Morgan fingerprint density at radius 1 is 1.44 bits per heavy atom. The number of nitrogens with zero attached hydrogens (tertiary/aromatic N) is 1. The van der Waals surface area contributed by atoms with Gasteiger partial charge in [-0.25, -0.2) is 4.39 Å². The van der Waals surface area contributed by atoms with Crippen LogP contribution in [0.5, 0.6) is 0 Å². The summed E-state index contributed by atoms with van der Waals surface area (Å²) in [5.74, 6) is -0.290. The van der Waals surface area contributed by atoms with Gasteiger partial charge in [0.25, 0.3) is 0 Å². The summed E-state index contributed by atoms with van der Waals surface area (Å²) in [4.78, 5) is 1.88. The lowest BCUT2D eigenvalue weighted by Crippen LogP contribution is -2.28. The van der Waals surface area contributed by atoms with Gasteiger partial charge in [-0.15, -0.1) is 0 Å². The van der Waals surface area contributed by atoms with E-state index in [9.17, 15) is 9.50 Å². The molecule has 0 saturated heterocycles. The maximum absolute atomic E-state index is 13.1. The van der Waals surface area contributed by atoms with Crippen molar-refractivity contribution in [3.05, 3.63) is 29.6 Å². The van der Waals surface area contributed by atoms with Crippen LogP contribution in [0, 0.1) is 5.82 Å². The number of aliphatic hydroxyl groups excluding tert-OH is 1. The van der Waals surface area contributed by atoms with Crippen LogP contribution in [0.4, 0.5) is 10.1 Å². The van der Waals surface area contributed by atoms with Crippen molar-refractivity contribution < 1.29 is 9.50 Å². The highest BCUT2D eigenvalue weighted by atomic mass is 19.1. The Morgan fingerprint density at radius 3 is 2.56 bits per heavy atom. The monoisotopic (exact) mass is 226 g/mol. The van der Waals surface area contributed by atoms with Crippen LogP contribution in [-0.4, -0.2) is 24.8 Å². The van der Waals surface area contributed by atoms with E-state index in [1.165, 1.54) is 12.1 Å². The SMILES string of the molecule is CC(O)CN(C)c1ccc(F)cc1[C@H](C)N. The van der Waals surface area contributed by atoms with Gasteiger partial charge >= 0.3 is 0 Å². The molecule has 3 nitrogen and oxygen atoms in total. The van der Waals surface area contributed by atoms with Crippen molar-refractivity contribution in [2.24, 2.45) is 5.73 Å². The lowest BCUT2D eigenvalue weighted by Gasteiger charge is -2.25. The minimum Gasteiger partial charge on any atom is -0.392 e. The van der Waals surface area contributed by atoms with Gasteiger partial charge in [0.1, 0.15) is 5.82 Å². The molecule has 0 bridgehead atoms. The van der Waals surface area contributed by atoms with Gasteiger partial charge in [0.2, 0.25) is 0 Å². The summed E-state index contributed by atoms with van der Waals surface area (Å²) in [6.07, 6.45) is -0.434. The number of benzene rings is 1. The molecule has 0 aliphatic heterocycles. The Balaban J connectivity index is 3.02. The Kier molecular flexibility index (Phi) is 4.26. The van der Waals surface area contributed by atoms with E-state index >= 15 is 0 Å². The second-order valence-corrected chi connectivity index (χ2v) is 4.22. The van der Waals surface area contributed by atoms with Gasteiger partial charge in [0.15, 0.2) is 0 Å². The molecule has 0 saturated carbocycles. The minimum absolute atomic E-state index is 0.234. The van der Waals surface area contributed by atoms with Gasteiger partial charge in [0, 0.05) is 25.3 Å². The molecule has 0 amide bonds. The molecule has 0 heterocycles. The van der Waals surface area contributed by atoms with Crippen molar-refractivity contribution in [3.8, 4) is 0 Å². The molecule has 1 rings (SSSR count). The topological polar surface area (TPSA) is 49.5 Å². The quantitative estimate of drug-likeness (QED) is 0.821. The predicted molar refractivity (Wildman–Crippen MR) is 64.0 cm³/mol. The highest BCUT2D eigenvalue weighted by molar-refractivity contribution is 5.54. The van der Waals surface area contributed by atoms with E-state index in [4.69, 9.17) is 5.73 Å². The molecule has 4 heteroatoms. The summed E-state index contributed by atoms with van der Waals surface area (Å²) in [6.45, 7) is 4.02. The molecule has 16 heavy (non-hydrogen) atoms. The Bertz CT molecular complexity index is 353. The second-order valence-electron chi connectivity index (χ2n) is 4.22. The van der Waals surface area contributed by atoms with E-state index in [2.05, 4.69) is 0 Å². The first kappa shape index (κ1) is 12.9. The van der Waals surface area contributed by atoms with E-state index < -0.39 is 6.10 Å². The average Bonchev–Trinajstić information content (AvgIpc) is 2.16. The molecule has 1 aromatic carbocycles. The van der Waals surface area contributed by atoms with Gasteiger partial charge in [-0.3, -0.25) is 0 Å². The van der Waals surface area contributed by atoms with Crippen LogP contribution in [0.25, 0.3) is 0 Å². The van der Waals surface area contributed by atoms with Gasteiger partial charge in [-0.2, -0.15) is 0 Å². The highest BCUT2D eigenvalue weighted by Crippen LogP contribution is 2.25. The van der Waals surface area contributed by atoms with Crippen LogP contribution in [0.2, 0.25) is 0 Å². The fourth-order valence-corrected chi connectivity index (χ4v) is 1.73.